The van der Waals surface area contributed by atoms with Gasteiger partial charge in [-0.2, -0.15) is 5.10 Å². The first-order chi connectivity index (χ1) is 15.2. The van der Waals surface area contributed by atoms with Crippen molar-refractivity contribution in [3.8, 4) is 11.3 Å². The SMILES string of the molecule is CN(CCCCCc1cc(-c2ccc(F)cc2)n[nH]1)C(=O)c1ccc(CS(C)(=O)=O)cc1. The first-order valence-electron chi connectivity index (χ1n) is 10.5. The van der Waals surface area contributed by atoms with E-state index in [-0.39, 0.29) is 17.5 Å². The highest BCUT2D eigenvalue weighted by atomic mass is 32.2. The third kappa shape index (κ3) is 7.02. The van der Waals surface area contributed by atoms with Crippen molar-refractivity contribution in [2.75, 3.05) is 19.8 Å². The fourth-order valence-electron chi connectivity index (χ4n) is 3.47. The summed E-state index contributed by atoms with van der Waals surface area (Å²) in [5, 5.41) is 7.32. The minimum Gasteiger partial charge on any atom is -0.342 e. The Balaban J connectivity index is 1.40. The second-order valence-corrected chi connectivity index (χ2v) is 10.2. The highest BCUT2D eigenvalue weighted by molar-refractivity contribution is 7.89. The average molecular weight is 458 g/mol. The molecule has 1 heterocycles. The zero-order chi connectivity index (χ0) is 23.1. The van der Waals surface area contributed by atoms with Gasteiger partial charge in [-0.1, -0.05) is 18.6 Å². The van der Waals surface area contributed by atoms with Gasteiger partial charge in [0, 0.05) is 36.7 Å². The second kappa shape index (κ2) is 10.5. The van der Waals surface area contributed by atoms with Crippen LogP contribution in [0.3, 0.4) is 0 Å². The molecule has 0 aliphatic rings. The van der Waals surface area contributed by atoms with Crippen LogP contribution in [0.25, 0.3) is 11.3 Å². The zero-order valence-corrected chi connectivity index (χ0v) is 19.2. The van der Waals surface area contributed by atoms with Gasteiger partial charge in [0.25, 0.3) is 5.91 Å². The van der Waals surface area contributed by atoms with Gasteiger partial charge in [-0.3, -0.25) is 9.89 Å². The Morgan fingerprint density at radius 1 is 1.03 bits per heavy atom. The molecule has 8 heteroatoms. The molecular weight excluding hydrogens is 429 g/mol. The highest BCUT2D eigenvalue weighted by Crippen LogP contribution is 2.19. The van der Waals surface area contributed by atoms with Crippen LogP contribution in [0.4, 0.5) is 4.39 Å². The lowest BCUT2D eigenvalue weighted by atomic mass is 10.1. The Hall–Kier alpha value is -3.00. The summed E-state index contributed by atoms with van der Waals surface area (Å²) >= 11 is 0. The van der Waals surface area contributed by atoms with Gasteiger partial charge in [0.2, 0.25) is 0 Å². The molecule has 0 saturated carbocycles. The topological polar surface area (TPSA) is 83.1 Å². The lowest BCUT2D eigenvalue weighted by Gasteiger charge is -2.17. The van der Waals surface area contributed by atoms with Crippen molar-refractivity contribution in [1.82, 2.24) is 15.1 Å². The summed E-state index contributed by atoms with van der Waals surface area (Å²) in [4.78, 5) is 14.2. The van der Waals surface area contributed by atoms with Crippen LogP contribution in [0.5, 0.6) is 0 Å². The molecule has 0 bridgehead atoms. The van der Waals surface area contributed by atoms with Gasteiger partial charge in [0.05, 0.1) is 11.4 Å². The number of sulfone groups is 1. The van der Waals surface area contributed by atoms with Gasteiger partial charge >= 0.3 is 0 Å². The second-order valence-electron chi connectivity index (χ2n) is 8.09. The van der Waals surface area contributed by atoms with E-state index in [0.717, 1.165) is 42.6 Å². The van der Waals surface area contributed by atoms with Gasteiger partial charge in [-0.25, -0.2) is 12.8 Å². The van der Waals surface area contributed by atoms with Gasteiger partial charge in [-0.15, -0.1) is 0 Å². The van der Waals surface area contributed by atoms with Crippen molar-refractivity contribution < 1.29 is 17.6 Å². The molecule has 1 N–H and O–H groups in total. The molecule has 32 heavy (non-hydrogen) atoms. The Bertz CT molecular complexity index is 1140. The van der Waals surface area contributed by atoms with Gasteiger partial charge in [0.15, 0.2) is 9.84 Å². The predicted molar refractivity (Wildman–Crippen MR) is 123 cm³/mol. The van der Waals surface area contributed by atoms with Gasteiger partial charge < -0.3 is 4.90 Å². The van der Waals surface area contributed by atoms with Crippen molar-refractivity contribution in [3.63, 3.8) is 0 Å². The van der Waals surface area contributed by atoms with Crippen molar-refractivity contribution in [3.05, 3.63) is 77.2 Å². The molecule has 3 rings (SSSR count). The minimum absolute atomic E-state index is 0.0287. The summed E-state index contributed by atoms with van der Waals surface area (Å²) in [6.07, 6.45) is 4.86. The molecule has 6 nitrogen and oxygen atoms in total. The maximum absolute atomic E-state index is 13.0. The van der Waals surface area contributed by atoms with E-state index in [0.29, 0.717) is 17.7 Å². The first kappa shape index (κ1) is 23.7. The fraction of sp³-hybridized carbons (Fsp3) is 0.333. The quantitative estimate of drug-likeness (QED) is 0.462. The van der Waals surface area contributed by atoms with Crippen LogP contribution in [0.2, 0.25) is 0 Å². The van der Waals surface area contributed by atoms with Gasteiger partial charge in [0.1, 0.15) is 5.82 Å². The van der Waals surface area contributed by atoms with Crippen molar-refractivity contribution >= 4 is 15.7 Å². The van der Waals surface area contributed by atoms with Gasteiger partial charge in [-0.05, 0) is 67.3 Å². The van der Waals surface area contributed by atoms with E-state index < -0.39 is 9.84 Å². The molecule has 170 valence electrons. The van der Waals surface area contributed by atoms with E-state index >= 15 is 0 Å². The van der Waals surface area contributed by atoms with Crippen LogP contribution in [0.1, 0.15) is 40.9 Å². The fourth-order valence-corrected chi connectivity index (χ4v) is 4.27. The standard InChI is InChI=1S/C24H28FN3O3S/c1-28(24(29)20-9-7-18(8-10-20)17-32(2,30)31)15-5-3-4-6-22-16-23(27-26-22)19-11-13-21(25)14-12-19/h7-14,16H,3-6,15,17H2,1-2H3,(H,26,27). The number of hydrogen-bond donors (Lipinski definition) is 1. The van der Waals surface area contributed by atoms with E-state index in [1.165, 1.54) is 18.4 Å². The van der Waals surface area contributed by atoms with E-state index in [1.807, 2.05) is 6.07 Å². The number of halogens is 1. The summed E-state index contributed by atoms with van der Waals surface area (Å²) in [5.41, 5.74) is 3.93. The Morgan fingerprint density at radius 3 is 2.38 bits per heavy atom. The van der Waals surface area contributed by atoms with Crippen molar-refractivity contribution in [2.24, 2.45) is 0 Å². The number of aromatic amines is 1. The lowest BCUT2D eigenvalue weighted by molar-refractivity contribution is 0.0792. The molecule has 0 atom stereocenters. The molecule has 0 fully saturated rings. The Morgan fingerprint density at radius 2 is 1.72 bits per heavy atom. The normalized spacial score (nSPS) is 11.5. The number of benzene rings is 2. The number of aromatic nitrogens is 2. The predicted octanol–water partition coefficient (Wildman–Crippen LogP) is 4.25. The molecule has 0 unspecified atom stereocenters. The number of nitrogens with one attached hydrogen (secondary N) is 1. The van der Waals surface area contributed by atoms with Crippen LogP contribution in [-0.2, 0) is 22.0 Å². The summed E-state index contributed by atoms with van der Waals surface area (Å²) < 4.78 is 35.8. The highest BCUT2D eigenvalue weighted by Gasteiger charge is 2.12. The average Bonchev–Trinajstić information content (AvgIpc) is 3.21. The lowest BCUT2D eigenvalue weighted by Crippen LogP contribution is -2.27. The summed E-state index contributed by atoms with van der Waals surface area (Å²) in [6, 6.07) is 15.0. The number of carbonyl (C=O) groups is 1. The Labute approximate surface area is 188 Å². The van der Waals surface area contributed by atoms with E-state index in [2.05, 4.69) is 10.2 Å². The van der Waals surface area contributed by atoms with E-state index in [4.69, 9.17) is 0 Å². The number of amides is 1. The van der Waals surface area contributed by atoms with Crippen LogP contribution < -0.4 is 0 Å². The van der Waals surface area contributed by atoms with E-state index in [9.17, 15) is 17.6 Å². The van der Waals surface area contributed by atoms with Crippen molar-refractivity contribution in [2.45, 2.75) is 31.4 Å². The summed E-state index contributed by atoms with van der Waals surface area (Å²) in [7, 11) is -1.32. The summed E-state index contributed by atoms with van der Waals surface area (Å²) in [6.45, 7) is 0.647. The molecule has 0 spiro atoms. The molecular formula is C24H28FN3O3S. The number of unbranched alkanes of at least 4 members (excludes halogenated alkanes) is 2. The molecule has 0 aliphatic heterocycles. The zero-order valence-electron chi connectivity index (χ0n) is 18.3. The number of hydrogen-bond acceptors (Lipinski definition) is 4. The molecule has 3 aromatic rings. The Kier molecular flexibility index (Phi) is 7.80. The third-order valence-electron chi connectivity index (χ3n) is 5.19. The molecule has 0 saturated heterocycles. The maximum atomic E-state index is 13.0. The smallest absolute Gasteiger partial charge is 0.253 e. The molecule has 1 amide bonds. The number of H-pyrrole nitrogens is 1. The minimum atomic E-state index is -3.09. The number of carbonyl (C=O) groups excluding carboxylic acids is 1. The largest absolute Gasteiger partial charge is 0.342 e. The first-order valence-corrected chi connectivity index (χ1v) is 12.6. The molecule has 0 radical (unpaired) electrons. The number of aryl methyl sites for hydroxylation is 1. The molecule has 1 aromatic heterocycles. The van der Waals surface area contributed by atoms with Crippen LogP contribution in [0, 0.1) is 5.82 Å². The monoisotopic (exact) mass is 457 g/mol. The summed E-state index contributed by atoms with van der Waals surface area (Å²) in [5.74, 6) is -0.371. The maximum Gasteiger partial charge on any atom is 0.253 e. The van der Waals surface area contributed by atoms with Crippen LogP contribution in [0.15, 0.2) is 54.6 Å². The van der Waals surface area contributed by atoms with Crippen molar-refractivity contribution in [1.29, 1.82) is 0 Å². The van der Waals surface area contributed by atoms with Crippen LogP contribution in [-0.4, -0.2) is 49.3 Å². The van der Waals surface area contributed by atoms with E-state index in [1.54, 1.807) is 48.3 Å². The number of nitrogens with zero attached hydrogens (tertiary/aromatic N) is 2. The van der Waals surface area contributed by atoms with Crippen LogP contribution >= 0.6 is 0 Å². The molecule has 0 aliphatic carbocycles. The third-order valence-corrected chi connectivity index (χ3v) is 6.04. The molecule has 2 aromatic carbocycles. The number of rotatable bonds is 10.